The molecule has 0 aliphatic rings. The Balaban J connectivity index is 1.79. The van der Waals surface area contributed by atoms with E-state index in [1.807, 2.05) is 56.3 Å². The first-order valence-corrected chi connectivity index (χ1v) is 7.12. The van der Waals surface area contributed by atoms with E-state index in [2.05, 4.69) is 15.5 Å². The molecule has 3 rings (SSSR count). The Morgan fingerprint density at radius 3 is 2.77 bits per heavy atom. The molecule has 1 heterocycles. The Bertz CT molecular complexity index is 862. The molecule has 3 aromatic rings. The van der Waals surface area contributed by atoms with Crippen LogP contribution in [0, 0.1) is 13.8 Å². The predicted molar refractivity (Wildman–Crippen MR) is 89.3 cm³/mol. The van der Waals surface area contributed by atoms with Crippen LogP contribution in [0.4, 0.5) is 0 Å². The Labute approximate surface area is 128 Å². The minimum absolute atomic E-state index is 0.211. The number of fused-ring (bicyclic) bond motifs is 1. The standard InChI is InChI=1S/C18H17N3O/c1-12-6-5-7-14(10-12)18(22)21-19-11-16-13(2)20-17-9-4-3-8-15(16)17/h3-11,20H,1-2H3,(H,21,22)/b19-11-. The van der Waals surface area contributed by atoms with Crippen molar-refractivity contribution in [2.75, 3.05) is 0 Å². The molecule has 0 aliphatic heterocycles. The van der Waals surface area contributed by atoms with Gasteiger partial charge in [0.1, 0.15) is 0 Å². The van der Waals surface area contributed by atoms with E-state index < -0.39 is 0 Å². The molecule has 22 heavy (non-hydrogen) atoms. The Morgan fingerprint density at radius 2 is 1.95 bits per heavy atom. The molecule has 2 N–H and O–H groups in total. The van der Waals surface area contributed by atoms with Gasteiger partial charge in [-0.1, -0.05) is 35.9 Å². The second kappa shape index (κ2) is 5.85. The van der Waals surface area contributed by atoms with Crippen molar-refractivity contribution in [1.82, 2.24) is 10.4 Å². The van der Waals surface area contributed by atoms with Gasteiger partial charge in [-0.3, -0.25) is 4.79 Å². The van der Waals surface area contributed by atoms with E-state index in [4.69, 9.17) is 0 Å². The van der Waals surface area contributed by atoms with Crippen molar-refractivity contribution < 1.29 is 4.79 Å². The summed E-state index contributed by atoms with van der Waals surface area (Å²) in [5.41, 5.74) is 7.29. The summed E-state index contributed by atoms with van der Waals surface area (Å²) in [5, 5.41) is 5.18. The van der Waals surface area contributed by atoms with Crippen LogP contribution in [0.3, 0.4) is 0 Å². The van der Waals surface area contributed by atoms with E-state index in [0.717, 1.165) is 27.7 Å². The number of amides is 1. The summed E-state index contributed by atoms with van der Waals surface area (Å²) in [6.07, 6.45) is 1.68. The second-order valence-electron chi connectivity index (χ2n) is 5.28. The van der Waals surface area contributed by atoms with Gasteiger partial charge in [-0.2, -0.15) is 5.10 Å². The van der Waals surface area contributed by atoms with Crippen LogP contribution in [-0.4, -0.2) is 17.1 Å². The summed E-state index contributed by atoms with van der Waals surface area (Å²) in [4.78, 5) is 15.3. The summed E-state index contributed by atoms with van der Waals surface area (Å²) in [6, 6.07) is 15.4. The highest BCUT2D eigenvalue weighted by atomic mass is 16.2. The summed E-state index contributed by atoms with van der Waals surface area (Å²) >= 11 is 0. The van der Waals surface area contributed by atoms with Crippen LogP contribution < -0.4 is 5.43 Å². The summed E-state index contributed by atoms with van der Waals surface area (Å²) in [5.74, 6) is -0.211. The zero-order valence-corrected chi connectivity index (χ0v) is 12.6. The van der Waals surface area contributed by atoms with Gasteiger partial charge in [-0.15, -0.1) is 0 Å². The number of nitrogens with one attached hydrogen (secondary N) is 2. The number of aromatic nitrogens is 1. The summed E-state index contributed by atoms with van der Waals surface area (Å²) < 4.78 is 0. The zero-order chi connectivity index (χ0) is 15.5. The van der Waals surface area contributed by atoms with Crippen molar-refractivity contribution in [2.45, 2.75) is 13.8 Å². The van der Waals surface area contributed by atoms with Crippen molar-refractivity contribution >= 4 is 23.0 Å². The fourth-order valence-electron chi connectivity index (χ4n) is 2.47. The van der Waals surface area contributed by atoms with E-state index in [9.17, 15) is 4.79 Å². The number of hydrogen-bond acceptors (Lipinski definition) is 2. The molecule has 4 heteroatoms. The Morgan fingerprint density at radius 1 is 1.14 bits per heavy atom. The van der Waals surface area contributed by atoms with E-state index in [1.165, 1.54) is 0 Å². The van der Waals surface area contributed by atoms with Gasteiger partial charge in [0.15, 0.2) is 0 Å². The third kappa shape index (κ3) is 2.76. The highest BCUT2D eigenvalue weighted by Crippen LogP contribution is 2.19. The van der Waals surface area contributed by atoms with Crippen LogP contribution in [0.5, 0.6) is 0 Å². The van der Waals surface area contributed by atoms with Crippen LogP contribution in [0.2, 0.25) is 0 Å². The minimum atomic E-state index is -0.211. The number of para-hydroxylation sites is 1. The van der Waals surface area contributed by atoms with E-state index >= 15 is 0 Å². The smallest absolute Gasteiger partial charge is 0.271 e. The number of nitrogens with zero attached hydrogens (tertiary/aromatic N) is 1. The summed E-state index contributed by atoms with van der Waals surface area (Å²) in [6.45, 7) is 3.94. The topological polar surface area (TPSA) is 57.2 Å². The van der Waals surface area contributed by atoms with Crippen LogP contribution >= 0.6 is 0 Å². The van der Waals surface area contributed by atoms with E-state index in [0.29, 0.717) is 5.56 Å². The van der Waals surface area contributed by atoms with Gasteiger partial charge in [0.05, 0.1) is 6.21 Å². The lowest BCUT2D eigenvalue weighted by molar-refractivity contribution is 0.0955. The number of rotatable bonds is 3. The number of hydrogen-bond donors (Lipinski definition) is 2. The number of aryl methyl sites for hydroxylation is 2. The predicted octanol–water partition coefficient (Wildman–Crippen LogP) is 3.55. The third-order valence-electron chi connectivity index (χ3n) is 3.58. The van der Waals surface area contributed by atoms with Gasteiger partial charge in [0.2, 0.25) is 0 Å². The molecule has 0 atom stereocenters. The van der Waals surface area contributed by atoms with Crippen molar-refractivity contribution in [2.24, 2.45) is 5.10 Å². The lowest BCUT2D eigenvalue weighted by Gasteiger charge is -2.00. The van der Waals surface area contributed by atoms with Gasteiger partial charge in [0, 0.05) is 27.7 Å². The molecular formula is C18H17N3O. The minimum Gasteiger partial charge on any atom is -0.358 e. The van der Waals surface area contributed by atoms with Crippen LogP contribution in [0.1, 0.15) is 27.2 Å². The molecule has 1 amide bonds. The van der Waals surface area contributed by atoms with Crippen LogP contribution in [-0.2, 0) is 0 Å². The molecule has 0 radical (unpaired) electrons. The summed E-state index contributed by atoms with van der Waals surface area (Å²) in [7, 11) is 0. The first-order valence-electron chi connectivity index (χ1n) is 7.12. The molecule has 0 fully saturated rings. The average molecular weight is 291 g/mol. The Hall–Kier alpha value is -2.88. The number of H-pyrrole nitrogens is 1. The number of benzene rings is 2. The van der Waals surface area contributed by atoms with E-state index in [1.54, 1.807) is 12.3 Å². The largest absolute Gasteiger partial charge is 0.358 e. The van der Waals surface area contributed by atoms with Crippen molar-refractivity contribution in [3.05, 3.63) is 70.9 Å². The highest BCUT2D eigenvalue weighted by molar-refractivity contribution is 6.01. The van der Waals surface area contributed by atoms with Gasteiger partial charge >= 0.3 is 0 Å². The monoisotopic (exact) mass is 291 g/mol. The molecular weight excluding hydrogens is 274 g/mol. The van der Waals surface area contributed by atoms with Gasteiger partial charge in [-0.05, 0) is 32.0 Å². The fourth-order valence-corrected chi connectivity index (χ4v) is 2.47. The molecule has 0 aliphatic carbocycles. The molecule has 4 nitrogen and oxygen atoms in total. The van der Waals surface area contributed by atoms with Crippen molar-refractivity contribution in [1.29, 1.82) is 0 Å². The second-order valence-corrected chi connectivity index (χ2v) is 5.28. The number of hydrazone groups is 1. The highest BCUT2D eigenvalue weighted by Gasteiger charge is 2.06. The van der Waals surface area contributed by atoms with Crippen molar-refractivity contribution in [3.63, 3.8) is 0 Å². The number of carbonyl (C=O) groups excluding carboxylic acids is 1. The van der Waals surface area contributed by atoms with Crippen LogP contribution in [0.15, 0.2) is 53.6 Å². The SMILES string of the molecule is Cc1cccc(C(=O)N/N=C\c2c(C)[nH]c3ccccc23)c1. The zero-order valence-electron chi connectivity index (χ0n) is 12.6. The van der Waals surface area contributed by atoms with Crippen molar-refractivity contribution in [3.8, 4) is 0 Å². The van der Waals surface area contributed by atoms with Crippen LogP contribution in [0.25, 0.3) is 10.9 Å². The van der Waals surface area contributed by atoms with Gasteiger partial charge in [-0.25, -0.2) is 5.43 Å². The lowest BCUT2D eigenvalue weighted by atomic mass is 10.1. The van der Waals surface area contributed by atoms with Gasteiger partial charge < -0.3 is 4.98 Å². The average Bonchev–Trinajstić information content (AvgIpc) is 2.83. The maximum absolute atomic E-state index is 12.0. The Kier molecular flexibility index (Phi) is 3.74. The normalized spacial score (nSPS) is 11.2. The lowest BCUT2D eigenvalue weighted by Crippen LogP contribution is -2.17. The van der Waals surface area contributed by atoms with E-state index in [-0.39, 0.29) is 5.91 Å². The molecule has 0 saturated heterocycles. The molecule has 0 saturated carbocycles. The molecule has 0 spiro atoms. The number of carbonyl (C=O) groups is 1. The first kappa shape index (κ1) is 14.1. The molecule has 110 valence electrons. The molecule has 2 aromatic carbocycles. The first-order chi connectivity index (χ1) is 10.6. The maximum Gasteiger partial charge on any atom is 0.271 e. The molecule has 0 bridgehead atoms. The molecule has 1 aromatic heterocycles. The maximum atomic E-state index is 12.0. The molecule has 0 unspecified atom stereocenters. The third-order valence-corrected chi connectivity index (χ3v) is 3.58. The number of aromatic amines is 1. The fraction of sp³-hybridized carbons (Fsp3) is 0.111. The quantitative estimate of drug-likeness (QED) is 0.562. The van der Waals surface area contributed by atoms with Gasteiger partial charge in [0.25, 0.3) is 5.91 Å².